The van der Waals surface area contributed by atoms with Crippen molar-refractivity contribution in [1.29, 1.82) is 0 Å². The van der Waals surface area contributed by atoms with Crippen molar-refractivity contribution in [2.24, 2.45) is 0 Å². The van der Waals surface area contributed by atoms with Crippen molar-refractivity contribution in [2.75, 3.05) is 0 Å². The minimum absolute atomic E-state index is 0.0145. The third-order valence-corrected chi connectivity index (χ3v) is 1.68. The molecule has 0 aliphatic carbocycles. The average Bonchev–Trinajstić information content (AvgIpc) is 2.16. The second kappa shape index (κ2) is 4.59. The van der Waals surface area contributed by atoms with Crippen LogP contribution in [0, 0.1) is 16.2 Å². The number of hydrogen-bond acceptors (Lipinski definition) is 3. The lowest BCUT2D eigenvalue weighted by Gasteiger charge is -2.09. The largest absolute Gasteiger partial charge is 0.491 e. The van der Waals surface area contributed by atoms with Gasteiger partial charge in [0.25, 0.3) is 5.69 Å². The van der Waals surface area contributed by atoms with Crippen LogP contribution in [0.2, 0.25) is 0 Å². The molecule has 0 amide bonds. The Balaban J connectivity index is 3.11. The van der Waals surface area contributed by atoms with E-state index in [2.05, 4.69) is 12.7 Å². The molecule has 15 heavy (non-hydrogen) atoms. The van der Waals surface area contributed by atoms with Gasteiger partial charge in [0.1, 0.15) is 5.75 Å². The number of rotatable bonds is 4. The number of benzene rings is 1. The minimum atomic E-state index is -0.464. The summed E-state index contributed by atoms with van der Waals surface area (Å²) >= 11 is 0. The zero-order valence-corrected chi connectivity index (χ0v) is 8.69. The number of hydrogen-bond donors (Lipinski definition) is 0. The fourth-order valence-electron chi connectivity index (χ4n) is 1.13. The van der Waals surface area contributed by atoms with Crippen LogP contribution < -0.4 is 4.74 Å². The predicted octanol–water partition coefficient (Wildman–Crippen LogP) is 2.72. The lowest BCUT2D eigenvalue weighted by Crippen LogP contribution is -2.06. The monoisotopic (exact) mass is 206 g/mol. The van der Waals surface area contributed by atoms with E-state index in [-0.39, 0.29) is 11.8 Å². The van der Waals surface area contributed by atoms with Gasteiger partial charge in [0.15, 0.2) is 0 Å². The SMILES string of the molecule is C=[C]c1cc(OC(C)C)cc([N+](=O)[O-])c1. The summed E-state index contributed by atoms with van der Waals surface area (Å²) in [6.07, 6.45) is 2.58. The summed E-state index contributed by atoms with van der Waals surface area (Å²) in [5.74, 6) is 0.463. The van der Waals surface area contributed by atoms with E-state index in [1.807, 2.05) is 13.8 Å². The summed E-state index contributed by atoms with van der Waals surface area (Å²) in [6.45, 7) is 7.16. The molecule has 0 bridgehead atoms. The summed E-state index contributed by atoms with van der Waals surface area (Å²) in [4.78, 5) is 10.1. The van der Waals surface area contributed by atoms with Gasteiger partial charge in [-0.3, -0.25) is 10.1 Å². The van der Waals surface area contributed by atoms with Crippen LogP contribution in [0.3, 0.4) is 0 Å². The van der Waals surface area contributed by atoms with E-state index in [1.165, 1.54) is 12.1 Å². The van der Waals surface area contributed by atoms with E-state index in [1.54, 1.807) is 6.07 Å². The van der Waals surface area contributed by atoms with Crippen LogP contribution in [-0.4, -0.2) is 11.0 Å². The Bertz CT molecular complexity index is 385. The van der Waals surface area contributed by atoms with Gasteiger partial charge in [0, 0.05) is 6.07 Å². The van der Waals surface area contributed by atoms with Crippen molar-refractivity contribution in [3.05, 3.63) is 46.5 Å². The molecule has 0 saturated carbocycles. The van der Waals surface area contributed by atoms with Crippen LogP contribution in [0.25, 0.3) is 0 Å². The van der Waals surface area contributed by atoms with Crippen LogP contribution in [0.1, 0.15) is 19.4 Å². The second-order valence-electron chi connectivity index (χ2n) is 3.32. The Kier molecular flexibility index (Phi) is 3.44. The Labute approximate surface area is 88.3 Å². The van der Waals surface area contributed by atoms with Crippen molar-refractivity contribution in [2.45, 2.75) is 20.0 Å². The molecule has 0 aromatic heterocycles. The molecule has 0 aliphatic rings. The topological polar surface area (TPSA) is 52.4 Å². The number of nitro groups is 1. The van der Waals surface area contributed by atoms with Gasteiger partial charge in [0.05, 0.1) is 17.1 Å². The normalized spacial score (nSPS) is 10.1. The highest BCUT2D eigenvalue weighted by Crippen LogP contribution is 2.23. The Morgan fingerprint density at radius 1 is 1.47 bits per heavy atom. The van der Waals surface area contributed by atoms with E-state index in [9.17, 15) is 10.1 Å². The maximum absolute atomic E-state index is 10.6. The van der Waals surface area contributed by atoms with E-state index in [4.69, 9.17) is 4.74 Å². The van der Waals surface area contributed by atoms with Gasteiger partial charge in [-0.1, -0.05) is 6.58 Å². The molecule has 0 aliphatic heterocycles. The lowest BCUT2D eigenvalue weighted by atomic mass is 10.2. The average molecular weight is 206 g/mol. The number of ether oxygens (including phenoxy) is 1. The first-order chi connectivity index (χ1) is 7.02. The van der Waals surface area contributed by atoms with Crippen molar-refractivity contribution in [3.63, 3.8) is 0 Å². The molecule has 4 nitrogen and oxygen atoms in total. The number of nitro benzene ring substituents is 1. The van der Waals surface area contributed by atoms with Crippen molar-refractivity contribution in [3.8, 4) is 5.75 Å². The van der Waals surface area contributed by atoms with Crippen LogP contribution in [0.5, 0.6) is 5.75 Å². The van der Waals surface area contributed by atoms with Crippen molar-refractivity contribution < 1.29 is 9.66 Å². The van der Waals surface area contributed by atoms with Crippen LogP contribution in [0.15, 0.2) is 24.8 Å². The number of non-ortho nitro benzene ring substituents is 1. The first-order valence-electron chi connectivity index (χ1n) is 4.52. The summed E-state index contributed by atoms with van der Waals surface area (Å²) in [5.41, 5.74) is 0.541. The second-order valence-corrected chi connectivity index (χ2v) is 3.32. The molecule has 4 heteroatoms. The zero-order valence-electron chi connectivity index (χ0n) is 8.69. The quantitative estimate of drug-likeness (QED) is 0.562. The van der Waals surface area contributed by atoms with Crippen LogP contribution in [-0.2, 0) is 0 Å². The Hall–Kier alpha value is -1.84. The summed E-state index contributed by atoms with van der Waals surface area (Å²) in [5, 5.41) is 10.6. The molecule has 1 radical (unpaired) electrons. The molecule has 1 aromatic rings. The van der Waals surface area contributed by atoms with E-state index in [0.717, 1.165) is 0 Å². The highest BCUT2D eigenvalue weighted by molar-refractivity contribution is 5.44. The third kappa shape index (κ3) is 3.09. The standard InChI is InChI=1S/C11H12NO3/c1-4-9-5-10(12(13)14)7-11(6-9)15-8(2)3/h5-8H,1H2,2-3H3. The van der Waals surface area contributed by atoms with Gasteiger partial charge in [-0.05, 0) is 31.6 Å². The van der Waals surface area contributed by atoms with Gasteiger partial charge < -0.3 is 4.74 Å². The zero-order chi connectivity index (χ0) is 11.4. The lowest BCUT2D eigenvalue weighted by molar-refractivity contribution is -0.385. The molecule has 0 unspecified atom stereocenters. The summed E-state index contributed by atoms with van der Waals surface area (Å²) < 4.78 is 5.38. The first-order valence-corrected chi connectivity index (χ1v) is 4.52. The van der Waals surface area contributed by atoms with Gasteiger partial charge >= 0.3 is 0 Å². The maximum atomic E-state index is 10.6. The van der Waals surface area contributed by atoms with Gasteiger partial charge in [-0.15, -0.1) is 0 Å². The van der Waals surface area contributed by atoms with E-state index >= 15 is 0 Å². The summed E-state index contributed by atoms with van der Waals surface area (Å²) in [7, 11) is 0. The molecule has 0 spiro atoms. The third-order valence-electron chi connectivity index (χ3n) is 1.68. The molecule has 0 N–H and O–H groups in total. The first kappa shape index (κ1) is 11.2. The molecule has 0 saturated heterocycles. The molecular weight excluding hydrogens is 194 g/mol. The highest BCUT2D eigenvalue weighted by atomic mass is 16.6. The minimum Gasteiger partial charge on any atom is -0.491 e. The van der Waals surface area contributed by atoms with Gasteiger partial charge in [-0.25, -0.2) is 0 Å². The Morgan fingerprint density at radius 3 is 2.60 bits per heavy atom. The van der Waals surface area contributed by atoms with Crippen LogP contribution >= 0.6 is 0 Å². The van der Waals surface area contributed by atoms with Crippen LogP contribution in [0.4, 0.5) is 5.69 Å². The van der Waals surface area contributed by atoms with Crippen molar-refractivity contribution >= 4 is 5.69 Å². The van der Waals surface area contributed by atoms with Gasteiger partial charge in [0.2, 0.25) is 0 Å². The number of nitrogens with zero attached hydrogens (tertiary/aromatic N) is 1. The molecule has 79 valence electrons. The molecular formula is C11H12NO3. The Morgan fingerprint density at radius 2 is 2.13 bits per heavy atom. The van der Waals surface area contributed by atoms with E-state index in [0.29, 0.717) is 11.3 Å². The highest BCUT2D eigenvalue weighted by Gasteiger charge is 2.10. The molecule has 1 rings (SSSR count). The molecule has 1 aromatic carbocycles. The van der Waals surface area contributed by atoms with Gasteiger partial charge in [-0.2, -0.15) is 0 Å². The smallest absolute Gasteiger partial charge is 0.273 e. The maximum Gasteiger partial charge on any atom is 0.273 e. The molecule has 0 fully saturated rings. The van der Waals surface area contributed by atoms with E-state index < -0.39 is 4.92 Å². The molecule has 0 heterocycles. The molecule has 0 atom stereocenters. The predicted molar refractivity (Wildman–Crippen MR) is 56.8 cm³/mol. The fourth-order valence-corrected chi connectivity index (χ4v) is 1.13. The summed E-state index contributed by atoms with van der Waals surface area (Å²) in [6, 6.07) is 4.46. The van der Waals surface area contributed by atoms with Crippen molar-refractivity contribution in [1.82, 2.24) is 0 Å². The fraction of sp³-hybridized carbons (Fsp3) is 0.273.